The molecule has 1 aromatic rings. The predicted octanol–water partition coefficient (Wildman–Crippen LogP) is 1.85. The molecule has 2 N–H and O–H groups in total. The van der Waals surface area contributed by atoms with Gasteiger partial charge in [0.25, 0.3) is 0 Å². The lowest BCUT2D eigenvalue weighted by atomic mass is 9.99. The molecule has 1 aromatic carbocycles. The topological polar surface area (TPSA) is 101 Å². The molecular weight excluding hydrogens is 252 g/mol. The van der Waals surface area contributed by atoms with Crippen molar-refractivity contribution in [3.05, 3.63) is 41.5 Å². The number of rotatable bonds is 6. The van der Waals surface area contributed by atoms with Crippen molar-refractivity contribution < 1.29 is 29.3 Å². The highest BCUT2D eigenvalue weighted by Gasteiger charge is 2.25. The first-order chi connectivity index (χ1) is 8.93. The molecule has 0 aromatic heterocycles. The van der Waals surface area contributed by atoms with Crippen molar-refractivity contribution >= 4 is 17.7 Å². The highest BCUT2D eigenvalue weighted by Crippen LogP contribution is 2.28. The molecule has 100 valence electrons. The Kier molecular flexibility index (Phi) is 4.41. The molecule has 0 aliphatic heterocycles. The average Bonchev–Trinajstić information content (AvgIpc) is 2.37. The summed E-state index contributed by atoms with van der Waals surface area (Å²) in [5.41, 5.74) is -1.00. The monoisotopic (exact) mass is 264 g/mol. The summed E-state index contributed by atoms with van der Waals surface area (Å²) in [4.78, 5) is 33.8. The van der Waals surface area contributed by atoms with Gasteiger partial charge in [-0.25, -0.2) is 9.59 Å². The third-order valence-electron chi connectivity index (χ3n) is 2.34. The van der Waals surface area contributed by atoms with Gasteiger partial charge in [0.2, 0.25) is 0 Å². The van der Waals surface area contributed by atoms with Gasteiger partial charge in [0, 0.05) is 0 Å². The summed E-state index contributed by atoms with van der Waals surface area (Å²) >= 11 is 0. The van der Waals surface area contributed by atoms with Crippen molar-refractivity contribution in [3.63, 3.8) is 0 Å². The molecule has 0 atom stereocenters. The van der Waals surface area contributed by atoms with E-state index in [1.807, 2.05) is 0 Å². The van der Waals surface area contributed by atoms with Crippen LogP contribution in [0.3, 0.4) is 0 Å². The Morgan fingerprint density at radius 2 is 1.79 bits per heavy atom. The lowest BCUT2D eigenvalue weighted by Crippen LogP contribution is -2.14. The fourth-order valence-corrected chi connectivity index (χ4v) is 1.57. The van der Waals surface area contributed by atoms with Crippen LogP contribution in [0.4, 0.5) is 0 Å². The van der Waals surface area contributed by atoms with E-state index >= 15 is 0 Å². The number of aromatic carboxylic acids is 2. The Morgan fingerprint density at radius 3 is 2.21 bits per heavy atom. The van der Waals surface area contributed by atoms with Gasteiger partial charge in [-0.1, -0.05) is 6.58 Å². The number of benzene rings is 1. The molecule has 1 rings (SSSR count). The maximum Gasteiger partial charge on any atom is 0.340 e. The number of allylic oxidation sites excluding steroid dienone is 1. The van der Waals surface area contributed by atoms with Crippen LogP contribution in [0.1, 0.15) is 38.0 Å². The van der Waals surface area contributed by atoms with Crippen molar-refractivity contribution in [2.45, 2.75) is 6.92 Å². The fraction of sp³-hybridized carbons (Fsp3) is 0.154. The summed E-state index contributed by atoms with van der Waals surface area (Å²) in [7, 11) is 0. The largest absolute Gasteiger partial charge is 0.492 e. The van der Waals surface area contributed by atoms with Gasteiger partial charge in [0.05, 0.1) is 17.7 Å². The zero-order valence-corrected chi connectivity index (χ0v) is 10.2. The number of ketones is 1. The smallest absolute Gasteiger partial charge is 0.340 e. The van der Waals surface area contributed by atoms with Crippen molar-refractivity contribution in [1.29, 1.82) is 0 Å². The predicted molar refractivity (Wildman–Crippen MR) is 66.1 cm³/mol. The first-order valence-electron chi connectivity index (χ1n) is 5.37. The molecule has 0 radical (unpaired) electrons. The molecule has 0 heterocycles. The van der Waals surface area contributed by atoms with Crippen LogP contribution in [0.5, 0.6) is 5.75 Å². The third kappa shape index (κ3) is 2.79. The molecule has 0 fully saturated rings. The summed E-state index contributed by atoms with van der Waals surface area (Å²) in [6.45, 7) is 5.00. The molecule has 0 spiro atoms. The van der Waals surface area contributed by atoms with E-state index in [-0.39, 0.29) is 17.9 Å². The van der Waals surface area contributed by atoms with Gasteiger partial charge in [-0.15, -0.1) is 0 Å². The summed E-state index contributed by atoms with van der Waals surface area (Å²) in [5.74, 6) is -3.67. The maximum atomic E-state index is 11.6. The van der Waals surface area contributed by atoms with Crippen LogP contribution in [0, 0.1) is 0 Å². The normalized spacial score (nSPS) is 9.74. The SMILES string of the molecule is C=CC(=O)c1ccc(C(=O)O)c(C(=O)O)c1OCC. The minimum atomic E-state index is -1.47. The zero-order valence-electron chi connectivity index (χ0n) is 10.2. The zero-order chi connectivity index (χ0) is 14.6. The minimum Gasteiger partial charge on any atom is -0.492 e. The van der Waals surface area contributed by atoms with Gasteiger partial charge in [0.1, 0.15) is 11.3 Å². The highest BCUT2D eigenvalue weighted by atomic mass is 16.5. The van der Waals surface area contributed by atoms with Gasteiger partial charge in [-0.05, 0) is 25.1 Å². The molecule has 6 nitrogen and oxygen atoms in total. The molecule has 0 bridgehead atoms. The Bertz CT molecular complexity index is 558. The van der Waals surface area contributed by atoms with Gasteiger partial charge >= 0.3 is 11.9 Å². The standard InChI is InChI=1S/C13H12O6/c1-3-9(14)7-5-6-8(12(15)16)10(13(17)18)11(7)19-4-2/h3,5-6H,1,4H2,2H3,(H,15,16)(H,17,18). The van der Waals surface area contributed by atoms with Crippen molar-refractivity contribution in [2.75, 3.05) is 6.61 Å². The molecular formula is C13H12O6. The van der Waals surface area contributed by atoms with Crippen LogP contribution < -0.4 is 4.74 Å². The van der Waals surface area contributed by atoms with Crippen LogP contribution in [0.15, 0.2) is 24.8 Å². The van der Waals surface area contributed by atoms with E-state index in [0.29, 0.717) is 0 Å². The van der Waals surface area contributed by atoms with Crippen LogP contribution in [0.2, 0.25) is 0 Å². The van der Waals surface area contributed by atoms with Gasteiger partial charge < -0.3 is 14.9 Å². The molecule has 0 amide bonds. The van der Waals surface area contributed by atoms with Crippen LogP contribution in [-0.2, 0) is 0 Å². The Labute approximate surface area is 108 Å². The lowest BCUT2D eigenvalue weighted by molar-refractivity contribution is 0.0647. The summed E-state index contributed by atoms with van der Waals surface area (Å²) in [6.07, 6.45) is 1.00. The van der Waals surface area contributed by atoms with E-state index < -0.39 is 28.8 Å². The number of carbonyl (C=O) groups is 3. The molecule has 0 saturated heterocycles. The van der Waals surface area contributed by atoms with Crippen LogP contribution >= 0.6 is 0 Å². The number of carboxylic acid groups (broad SMARTS) is 2. The number of hydrogen-bond acceptors (Lipinski definition) is 4. The molecule has 6 heteroatoms. The number of carbonyl (C=O) groups excluding carboxylic acids is 1. The summed E-state index contributed by atoms with van der Waals surface area (Å²) in [6, 6.07) is 2.27. The molecule has 0 aliphatic rings. The van der Waals surface area contributed by atoms with Crippen molar-refractivity contribution in [2.24, 2.45) is 0 Å². The Morgan fingerprint density at radius 1 is 1.21 bits per heavy atom. The second-order valence-electron chi connectivity index (χ2n) is 3.48. The van der Waals surface area contributed by atoms with E-state index in [1.165, 1.54) is 6.07 Å². The molecule has 0 aliphatic carbocycles. The van der Waals surface area contributed by atoms with Crippen molar-refractivity contribution in [1.82, 2.24) is 0 Å². The van der Waals surface area contributed by atoms with E-state index in [4.69, 9.17) is 14.9 Å². The second kappa shape index (κ2) is 5.81. The molecule has 0 unspecified atom stereocenters. The average molecular weight is 264 g/mol. The summed E-state index contributed by atoms with van der Waals surface area (Å²) in [5, 5.41) is 18.1. The number of carboxylic acids is 2. The second-order valence-corrected chi connectivity index (χ2v) is 3.48. The maximum absolute atomic E-state index is 11.6. The van der Waals surface area contributed by atoms with Gasteiger partial charge in [0.15, 0.2) is 5.78 Å². The van der Waals surface area contributed by atoms with Crippen molar-refractivity contribution in [3.8, 4) is 5.75 Å². The number of ether oxygens (including phenoxy) is 1. The third-order valence-corrected chi connectivity index (χ3v) is 2.34. The first kappa shape index (κ1) is 14.4. The highest BCUT2D eigenvalue weighted by molar-refractivity contribution is 6.11. The van der Waals surface area contributed by atoms with Crippen LogP contribution in [-0.4, -0.2) is 34.5 Å². The number of hydrogen-bond donors (Lipinski definition) is 2. The van der Waals surface area contributed by atoms with E-state index in [0.717, 1.165) is 12.1 Å². The van der Waals surface area contributed by atoms with E-state index in [1.54, 1.807) is 6.92 Å². The first-order valence-corrected chi connectivity index (χ1v) is 5.37. The minimum absolute atomic E-state index is 0.0285. The lowest BCUT2D eigenvalue weighted by Gasteiger charge is -2.13. The molecule has 19 heavy (non-hydrogen) atoms. The quantitative estimate of drug-likeness (QED) is 0.600. The van der Waals surface area contributed by atoms with Crippen LogP contribution in [0.25, 0.3) is 0 Å². The summed E-state index contributed by atoms with van der Waals surface area (Å²) < 4.78 is 5.13. The van der Waals surface area contributed by atoms with E-state index in [9.17, 15) is 14.4 Å². The fourth-order valence-electron chi connectivity index (χ4n) is 1.57. The van der Waals surface area contributed by atoms with Gasteiger partial charge in [-0.2, -0.15) is 0 Å². The Hall–Kier alpha value is -2.63. The molecule has 0 saturated carbocycles. The Balaban J connectivity index is 3.67. The van der Waals surface area contributed by atoms with E-state index in [2.05, 4.69) is 6.58 Å². The van der Waals surface area contributed by atoms with Gasteiger partial charge in [-0.3, -0.25) is 4.79 Å².